The van der Waals surface area contributed by atoms with Crippen molar-refractivity contribution in [3.63, 3.8) is 0 Å². The molecular formula is C15H28N3O2+. The molecule has 0 fully saturated rings. The second kappa shape index (κ2) is 8.09. The maximum absolute atomic E-state index is 8.70. The van der Waals surface area contributed by atoms with Crippen LogP contribution in [-0.4, -0.2) is 57.0 Å². The van der Waals surface area contributed by atoms with Crippen molar-refractivity contribution in [3.05, 3.63) is 23.8 Å². The number of hydrogen-bond donors (Lipinski definition) is 3. The molecule has 0 bridgehead atoms. The van der Waals surface area contributed by atoms with Gasteiger partial charge >= 0.3 is 0 Å². The maximum atomic E-state index is 8.70. The van der Waals surface area contributed by atoms with Gasteiger partial charge in [-0.25, -0.2) is 0 Å². The Balaban J connectivity index is 2.46. The highest BCUT2D eigenvalue weighted by Gasteiger charge is 2.16. The molecule has 0 radical (unpaired) electrons. The monoisotopic (exact) mass is 282 g/mol. The molecular weight excluding hydrogens is 254 g/mol. The van der Waals surface area contributed by atoms with Crippen LogP contribution in [0.15, 0.2) is 18.2 Å². The summed E-state index contributed by atoms with van der Waals surface area (Å²) < 4.78 is 6.08. The molecule has 0 spiro atoms. The van der Waals surface area contributed by atoms with Gasteiger partial charge in [-0.3, -0.25) is 0 Å². The lowest BCUT2D eigenvalue weighted by Crippen LogP contribution is -2.40. The van der Waals surface area contributed by atoms with Crippen LogP contribution in [-0.2, 0) is 6.54 Å². The number of anilines is 1. The molecule has 0 aromatic heterocycles. The number of hydrogen-bond acceptors (Lipinski definition) is 4. The average Bonchev–Trinajstić information content (AvgIpc) is 2.38. The molecule has 0 saturated heterocycles. The van der Waals surface area contributed by atoms with Crippen LogP contribution in [0.3, 0.4) is 0 Å². The van der Waals surface area contributed by atoms with E-state index in [1.54, 1.807) is 7.11 Å². The number of nitrogen functional groups attached to an aromatic ring is 1. The number of ether oxygens (including phenoxy) is 1. The van der Waals surface area contributed by atoms with Crippen LogP contribution in [0.25, 0.3) is 0 Å². The summed E-state index contributed by atoms with van der Waals surface area (Å²) in [5.41, 5.74) is 7.85. The Morgan fingerprint density at radius 3 is 2.65 bits per heavy atom. The number of quaternary nitrogens is 1. The molecule has 0 aliphatic heterocycles. The molecule has 1 aromatic carbocycles. The number of nitrogens with zero attached hydrogens (tertiary/aromatic N) is 1. The van der Waals surface area contributed by atoms with E-state index in [0.717, 1.165) is 36.3 Å². The van der Waals surface area contributed by atoms with Gasteiger partial charge in [-0.15, -0.1) is 0 Å². The van der Waals surface area contributed by atoms with Gasteiger partial charge in [0.2, 0.25) is 0 Å². The van der Waals surface area contributed by atoms with Crippen LogP contribution in [0.1, 0.15) is 12.0 Å². The summed E-state index contributed by atoms with van der Waals surface area (Å²) in [4.78, 5) is 0. The Kier molecular flexibility index (Phi) is 6.78. The second-order valence-corrected chi connectivity index (χ2v) is 5.72. The number of benzene rings is 1. The summed E-state index contributed by atoms with van der Waals surface area (Å²) in [6, 6.07) is 5.98. The normalized spacial score (nSPS) is 11.6. The molecule has 114 valence electrons. The Morgan fingerprint density at radius 2 is 2.05 bits per heavy atom. The zero-order valence-corrected chi connectivity index (χ0v) is 12.9. The summed E-state index contributed by atoms with van der Waals surface area (Å²) in [5.74, 6) is 0.729. The molecule has 0 amide bonds. The van der Waals surface area contributed by atoms with E-state index in [1.807, 2.05) is 12.1 Å². The lowest BCUT2D eigenvalue weighted by Gasteiger charge is -2.30. The Hall–Kier alpha value is -1.30. The minimum Gasteiger partial charge on any atom is -0.495 e. The summed E-state index contributed by atoms with van der Waals surface area (Å²) in [6.07, 6.45) is 1.08. The smallest absolute Gasteiger partial charge is 0.141 e. The number of aliphatic hydroxyl groups excluding tert-OH is 1. The molecule has 0 aliphatic rings. The van der Waals surface area contributed by atoms with Crippen LogP contribution >= 0.6 is 0 Å². The predicted molar refractivity (Wildman–Crippen MR) is 82.7 cm³/mol. The Bertz CT molecular complexity index is 408. The van der Waals surface area contributed by atoms with E-state index < -0.39 is 0 Å². The van der Waals surface area contributed by atoms with Gasteiger partial charge in [0, 0.05) is 25.1 Å². The fourth-order valence-electron chi connectivity index (χ4n) is 2.29. The minimum atomic E-state index is 0.198. The maximum Gasteiger partial charge on any atom is 0.141 e. The molecule has 20 heavy (non-hydrogen) atoms. The average molecular weight is 282 g/mol. The fraction of sp³-hybridized carbons (Fsp3) is 0.600. The van der Waals surface area contributed by atoms with Crippen LogP contribution < -0.4 is 15.8 Å². The van der Waals surface area contributed by atoms with Crippen molar-refractivity contribution in [2.75, 3.05) is 53.2 Å². The summed E-state index contributed by atoms with van der Waals surface area (Å²) in [7, 11) is 6.06. The lowest BCUT2D eigenvalue weighted by atomic mass is 10.1. The molecule has 0 heterocycles. The van der Waals surface area contributed by atoms with E-state index in [4.69, 9.17) is 15.6 Å². The third kappa shape index (κ3) is 5.77. The van der Waals surface area contributed by atoms with Crippen molar-refractivity contribution >= 4 is 5.69 Å². The molecule has 1 rings (SSSR count). The number of nitrogens with two attached hydrogens (primary N) is 1. The highest BCUT2D eigenvalue weighted by atomic mass is 16.5. The molecule has 0 saturated carbocycles. The van der Waals surface area contributed by atoms with Crippen molar-refractivity contribution in [2.24, 2.45) is 0 Å². The van der Waals surface area contributed by atoms with Crippen LogP contribution in [0, 0.1) is 0 Å². The van der Waals surface area contributed by atoms with E-state index in [-0.39, 0.29) is 6.61 Å². The van der Waals surface area contributed by atoms with Crippen LogP contribution in [0.4, 0.5) is 5.69 Å². The first kappa shape index (κ1) is 16.8. The molecule has 5 heteroatoms. The van der Waals surface area contributed by atoms with E-state index in [1.165, 1.54) is 5.56 Å². The third-order valence-corrected chi connectivity index (χ3v) is 3.31. The van der Waals surface area contributed by atoms with Crippen LogP contribution in [0.5, 0.6) is 5.75 Å². The minimum absolute atomic E-state index is 0.198. The Labute approximate surface area is 121 Å². The first-order valence-electron chi connectivity index (χ1n) is 7.04. The summed E-state index contributed by atoms with van der Waals surface area (Å²) in [5, 5.41) is 11.9. The molecule has 0 aliphatic carbocycles. The largest absolute Gasteiger partial charge is 0.495 e. The first-order valence-corrected chi connectivity index (χ1v) is 7.04. The van der Waals surface area contributed by atoms with Crippen molar-refractivity contribution in [1.29, 1.82) is 0 Å². The van der Waals surface area contributed by atoms with Gasteiger partial charge < -0.3 is 25.4 Å². The van der Waals surface area contributed by atoms with E-state index in [9.17, 15) is 0 Å². The Morgan fingerprint density at radius 1 is 1.30 bits per heavy atom. The quantitative estimate of drug-likeness (QED) is 0.356. The van der Waals surface area contributed by atoms with Gasteiger partial charge in [0.1, 0.15) is 12.3 Å². The van der Waals surface area contributed by atoms with Gasteiger partial charge in [-0.05, 0) is 18.2 Å². The molecule has 4 N–H and O–H groups in total. The number of methoxy groups -OCH3 is 1. The van der Waals surface area contributed by atoms with E-state index >= 15 is 0 Å². The van der Waals surface area contributed by atoms with E-state index in [2.05, 4.69) is 25.5 Å². The third-order valence-electron chi connectivity index (χ3n) is 3.31. The fourth-order valence-corrected chi connectivity index (χ4v) is 2.29. The second-order valence-electron chi connectivity index (χ2n) is 5.72. The SMILES string of the molecule is COc1ccc(C[N+](C)(C)CCCNCCO)cc1N. The number of nitrogens with one attached hydrogen (secondary N) is 1. The topological polar surface area (TPSA) is 67.5 Å². The highest BCUT2D eigenvalue weighted by Crippen LogP contribution is 2.23. The highest BCUT2D eigenvalue weighted by molar-refractivity contribution is 5.54. The van der Waals surface area contributed by atoms with Crippen molar-refractivity contribution < 1.29 is 14.3 Å². The van der Waals surface area contributed by atoms with Gasteiger partial charge in [0.05, 0.1) is 40.0 Å². The molecule has 5 nitrogen and oxygen atoms in total. The zero-order valence-electron chi connectivity index (χ0n) is 12.9. The molecule has 0 atom stereocenters. The summed E-state index contributed by atoms with van der Waals surface area (Å²) >= 11 is 0. The van der Waals surface area contributed by atoms with Gasteiger partial charge in [-0.2, -0.15) is 0 Å². The van der Waals surface area contributed by atoms with Gasteiger partial charge in [-0.1, -0.05) is 0 Å². The van der Waals surface area contributed by atoms with Crippen molar-refractivity contribution in [2.45, 2.75) is 13.0 Å². The molecule has 0 unspecified atom stereocenters. The van der Waals surface area contributed by atoms with Gasteiger partial charge in [0.25, 0.3) is 0 Å². The number of rotatable bonds is 9. The van der Waals surface area contributed by atoms with Gasteiger partial charge in [0.15, 0.2) is 0 Å². The standard InChI is InChI=1S/C15H28N3O2/c1-18(2,9-4-7-17-8-10-19)12-13-5-6-15(20-3)14(16)11-13/h5-6,11,17,19H,4,7-10,12,16H2,1-3H3/q+1. The number of aliphatic hydroxyl groups is 1. The zero-order chi connectivity index (χ0) is 15.0. The van der Waals surface area contributed by atoms with Crippen molar-refractivity contribution in [3.8, 4) is 5.75 Å². The van der Waals surface area contributed by atoms with E-state index in [0.29, 0.717) is 12.2 Å². The first-order chi connectivity index (χ1) is 9.48. The van der Waals surface area contributed by atoms with Crippen molar-refractivity contribution in [1.82, 2.24) is 5.32 Å². The lowest BCUT2D eigenvalue weighted by molar-refractivity contribution is -0.903. The summed E-state index contributed by atoms with van der Waals surface area (Å²) in [6.45, 7) is 3.82. The van der Waals surface area contributed by atoms with Crippen LogP contribution in [0.2, 0.25) is 0 Å². The predicted octanol–water partition coefficient (Wildman–Crippen LogP) is 0.826. The molecule has 1 aromatic rings.